The minimum atomic E-state index is -3.61. The number of carbonyl (C=O) groups excluding carboxylic acids is 1. The first-order valence-electron chi connectivity index (χ1n) is 9.90. The van der Waals surface area contributed by atoms with Gasteiger partial charge in [-0.05, 0) is 49.6 Å². The second-order valence-corrected chi connectivity index (χ2v) is 9.36. The summed E-state index contributed by atoms with van der Waals surface area (Å²) in [6.07, 6.45) is 1.32. The van der Waals surface area contributed by atoms with E-state index in [1.807, 2.05) is 19.1 Å². The monoisotopic (exact) mass is 432 g/mol. The molecule has 8 heteroatoms. The quantitative estimate of drug-likeness (QED) is 0.727. The Balaban J connectivity index is 1.64. The lowest BCUT2D eigenvalue weighted by molar-refractivity contribution is -0.126. The van der Waals surface area contributed by atoms with Gasteiger partial charge in [0.15, 0.2) is 11.5 Å². The normalized spacial score (nSPS) is 17.4. The molecule has 7 nitrogen and oxygen atoms in total. The number of piperidine rings is 1. The van der Waals surface area contributed by atoms with Gasteiger partial charge in [0, 0.05) is 19.6 Å². The van der Waals surface area contributed by atoms with Gasteiger partial charge in [0.05, 0.1) is 25.0 Å². The number of hydrogen-bond donors (Lipinski definition) is 1. The number of sulfonamides is 1. The van der Waals surface area contributed by atoms with Crippen LogP contribution >= 0.6 is 0 Å². The Labute approximate surface area is 178 Å². The molecule has 2 aromatic rings. The van der Waals surface area contributed by atoms with Gasteiger partial charge < -0.3 is 14.8 Å². The zero-order chi connectivity index (χ0) is 21.7. The first kappa shape index (κ1) is 22.1. The van der Waals surface area contributed by atoms with Gasteiger partial charge in [0.2, 0.25) is 15.9 Å². The Morgan fingerprint density at radius 2 is 1.80 bits per heavy atom. The minimum absolute atomic E-state index is 0.145. The second-order valence-electron chi connectivity index (χ2n) is 7.42. The van der Waals surface area contributed by atoms with Gasteiger partial charge in [-0.2, -0.15) is 4.31 Å². The number of nitrogens with one attached hydrogen (secondary N) is 1. The molecule has 0 saturated carbocycles. The Morgan fingerprint density at radius 1 is 1.10 bits per heavy atom. The standard InChI is InChI=1S/C22H28N2O5S/c1-16-6-9-19(10-7-16)30(26,27)24-12-4-5-18(15-24)22(25)23-14-17-8-11-20(28-2)21(13-17)29-3/h6-11,13,18H,4-5,12,14-15H2,1-3H3,(H,23,25)/t18-/m1/s1. The van der Waals surface area contributed by atoms with Crippen LogP contribution in [0.15, 0.2) is 47.4 Å². The van der Waals surface area contributed by atoms with E-state index in [0.29, 0.717) is 37.4 Å². The molecule has 1 N–H and O–H groups in total. The van der Waals surface area contributed by atoms with Crippen molar-refractivity contribution in [2.75, 3.05) is 27.3 Å². The summed E-state index contributed by atoms with van der Waals surface area (Å²) in [5, 5.41) is 2.92. The van der Waals surface area contributed by atoms with Crippen molar-refractivity contribution in [2.24, 2.45) is 5.92 Å². The van der Waals surface area contributed by atoms with Crippen LogP contribution in [0.25, 0.3) is 0 Å². The van der Waals surface area contributed by atoms with Gasteiger partial charge in [-0.3, -0.25) is 4.79 Å². The van der Waals surface area contributed by atoms with Crippen molar-refractivity contribution in [3.05, 3.63) is 53.6 Å². The molecule has 1 aliphatic rings. The molecule has 0 radical (unpaired) electrons. The van der Waals surface area contributed by atoms with Crippen LogP contribution in [0.3, 0.4) is 0 Å². The average molecular weight is 433 g/mol. The van der Waals surface area contributed by atoms with E-state index in [4.69, 9.17) is 9.47 Å². The Bertz CT molecular complexity index is 989. The van der Waals surface area contributed by atoms with Crippen molar-refractivity contribution in [1.82, 2.24) is 9.62 Å². The molecule has 1 atom stereocenters. The van der Waals surface area contributed by atoms with Crippen LogP contribution in [0.1, 0.15) is 24.0 Å². The fraction of sp³-hybridized carbons (Fsp3) is 0.409. The summed E-state index contributed by atoms with van der Waals surface area (Å²) in [5.41, 5.74) is 1.88. The lowest BCUT2D eigenvalue weighted by Crippen LogP contribution is -2.45. The Morgan fingerprint density at radius 3 is 2.47 bits per heavy atom. The highest BCUT2D eigenvalue weighted by molar-refractivity contribution is 7.89. The highest BCUT2D eigenvalue weighted by Gasteiger charge is 2.33. The molecule has 1 heterocycles. The van der Waals surface area contributed by atoms with Crippen LogP contribution < -0.4 is 14.8 Å². The molecule has 0 bridgehead atoms. The van der Waals surface area contributed by atoms with Crippen LogP contribution in [0.5, 0.6) is 11.5 Å². The molecule has 0 unspecified atom stereocenters. The summed E-state index contributed by atoms with van der Waals surface area (Å²) in [7, 11) is -0.477. The molecule has 0 aromatic heterocycles. The summed E-state index contributed by atoms with van der Waals surface area (Å²) < 4.78 is 37.8. The summed E-state index contributed by atoms with van der Waals surface area (Å²) in [4.78, 5) is 13.0. The second kappa shape index (κ2) is 9.49. The molecule has 1 fully saturated rings. The minimum Gasteiger partial charge on any atom is -0.493 e. The number of hydrogen-bond acceptors (Lipinski definition) is 5. The number of aryl methyl sites for hydroxylation is 1. The van der Waals surface area contributed by atoms with E-state index in [1.165, 1.54) is 4.31 Å². The van der Waals surface area contributed by atoms with Crippen LogP contribution in [-0.4, -0.2) is 45.9 Å². The number of methoxy groups -OCH3 is 2. The lowest BCUT2D eigenvalue weighted by atomic mass is 9.98. The maximum Gasteiger partial charge on any atom is 0.243 e. The lowest BCUT2D eigenvalue weighted by Gasteiger charge is -2.31. The number of rotatable bonds is 7. The highest BCUT2D eigenvalue weighted by atomic mass is 32.2. The SMILES string of the molecule is COc1ccc(CNC(=O)[C@@H]2CCCN(S(=O)(=O)c3ccc(C)cc3)C2)cc1OC. The van der Waals surface area contributed by atoms with Crippen LogP contribution in [0.2, 0.25) is 0 Å². The van der Waals surface area contributed by atoms with Crippen molar-refractivity contribution >= 4 is 15.9 Å². The van der Waals surface area contributed by atoms with Gasteiger partial charge in [0.1, 0.15) is 0 Å². The van der Waals surface area contributed by atoms with E-state index in [9.17, 15) is 13.2 Å². The molecule has 1 aliphatic heterocycles. The first-order valence-corrected chi connectivity index (χ1v) is 11.3. The molecule has 30 heavy (non-hydrogen) atoms. The number of ether oxygens (including phenoxy) is 2. The molecule has 1 saturated heterocycles. The molecular weight excluding hydrogens is 404 g/mol. The molecule has 3 rings (SSSR count). The van der Waals surface area contributed by atoms with Crippen molar-refractivity contribution in [2.45, 2.75) is 31.2 Å². The van der Waals surface area contributed by atoms with E-state index in [-0.39, 0.29) is 23.3 Å². The van der Waals surface area contributed by atoms with E-state index in [2.05, 4.69) is 5.32 Å². The predicted octanol–water partition coefficient (Wildman–Crippen LogP) is 2.73. The molecular formula is C22H28N2O5S. The fourth-order valence-corrected chi connectivity index (χ4v) is 5.08. The van der Waals surface area contributed by atoms with Gasteiger partial charge >= 0.3 is 0 Å². The molecule has 0 aliphatic carbocycles. The number of carbonyl (C=O) groups is 1. The third-order valence-corrected chi connectivity index (χ3v) is 7.21. The smallest absolute Gasteiger partial charge is 0.243 e. The Kier molecular flexibility index (Phi) is 6.99. The van der Waals surface area contributed by atoms with Crippen molar-refractivity contribution < 1.29 is 22.7 Å². The number of benzene rings is 2. The maximum atomic E-state index is 12.9. The zero-order valence-electron chi connectivity index (χ0n) is 17.6. The summed E-state index contributed by atoms with van der Waals surface area (Å²) in [6, 6.07) is 12.3. The summed E-state index contributed by atoms with van der Waals surface area (Å²) in [5.74, 6) is 0.696. The van der Waals surface area contributed by atoms with Gasteiger partial charge in [-0.25, -0.2) is 8.42 Å². The maximum absolute atomic E-state index is 12.9. The van der Waals surface area contributed by atoms with Crippen LogP contribution in [0, 0.1) is 12.8 Å². The van der Waals surface area contributed by atoms with Gasteiger partial charge in [-0.15, -0.1) is 0 Å². The van der Waals surface area contributed by atoms with E-state index >= 15 is 0 Å². The predicted molar refractivity (Wildman–Crippen MR) is 114 cm³/mol. The average Bonchev–Trinajstić information content (AvgIpc) is 2.77. The molecule has 162 valence electrons. The van der Waals surface area contributed by atoms with Crippen LogP contribution in [0.4, 0.5) is 0 Å². The van der Waals surface area contributed by atoms with Crippen molar-refractivity contribution in [1.29, 1.82) is 0 Å². The highest BCUT2D eigenvalue weighted by Crippen LogP contribution is 2.28. The van der Waals surface area contributed by atoms with Gasteiger partial charge in [-0.1, -0.05) is 23.8 Å². The third kappa shape index (κ3) is 4.94. The van der Waals surface area contributed by atoms with Gasteiger partial charge in [0.25, 0.3) is 0 Å². The summed E-state index contributed by atoms with van der Waals surface area (Å²) in [6.45, 7) is 2.86. The van der Waals surface area contributed by atoms with Crippen molar-refractivity contribution in [3.8, 4) is 11.5 Å². The van der Waals surface area contributed by atoms with E-state index in [1.54, 1.807) is 44.6 Å². The molecule has 1 amide bonds. The zero-order valence-corrected chi connectivity index (χ0v) is 18.4. The number of nitrogens with zero attached hydrogens (tertiary/aromatic N) is 1. The first-order chi connectivity index (χ1) is 14.3. The van der Waals surface area contributed by atoms with E-state index < -0.39 is 10.0 Å². The topological polar surface area (TPSA) is 84.9 Å². The largest absolute Gasteiger partial charge is 0.493 e. The molecule has 0 spiro atoms. The molecule has 2 aromatic carbocycles. The Hall–Kier alpha value is -2.58. The van der Waals surface area contributed by atoms with E-state index in [0.717, 1.165) is 11.1 Å². The van der Waals surface area contributed by atoms with Crippen molar-refractivity contribution in [3.63, 3.8) is 0 Å². The van der Waals surface area contributed by atoms with Crippen LogP contribution in [-0.2, 0) is 21.4 Å². The third-order valence-electron chi connectivity index (χ3n) is 5.33. The fourth-order valence-electron chi connectivity index (χ4n) is 3.56. The summed E-state index contributed by atoms with van der Waals surface area (Å²) >= 11 is 0. The number of amides is 1.